The molecule has 0 atom stereocenters. The summed E-state index contributed by atoms with van der Waals surface area (Å²) in [6.45, 7) is 18.3. The molecule has 0 bridgehead atoms. The van der Waals surface area contributed by atoms with Gasteiger partial charge in [0, 0.05) is 11.3 Å². The maximum Gasteiger partial charge on any atom is 0.136 e. The largest absolute Gasteiger partial charge is 0.457 e. The van der Waals surface area contributed by atoms with Gasteiger partial charge in [0.15, 0.2) is 0 Å². The molecule has 0 aliphatic rings. The lowest BCUT2D eigenvalue weighted by Gasteiger charge is -2.13. The third-order valence-corrected chi connectivity index (χ3v) is 3.13. The summed E-state index contributed by atoms with van der Waals surface area (Å²) < 4.78 is 6.03. The zero-order valence-electron chi connectivity index (χ0n) is 16.2. The first-order valence-corrected chi connectivity index (χ1v) is 8.40. The van der Waals surface area contributed by atoms with Gasteiger partial charge in [0.05, 0.1) is 0 Å². The predicted octanol–water partition coefficient (Wildman–Crippen LogP) is 5.25. The number of allylic oxidation sites excluding steroid dienone is 6. The Morgan fingerprint density at radius 3 is 2.28 bits per heavy atom. The van der Waals surface area contributed by atoms with E-state index in [1.807, 2.05) is 77.1 Å². The Balaban J connectivity index is 0.00000178. The molecule has 0 radical (unpaired) electrons. The van der Waals surface area contributed by atoms with Crippen molar-refractivity contribution in [3.05, 3.63) is 83.7 Å². The second-order valence-electron chi connectivity index (χ2n) is 5.61. The Bertz CT molecular complexity index is 679. The molecule has 4 N–H and O–H groups in total. The fourth-order valence-electron chi connectivity index (χ4n) is 1.92. The van der Waals surface area contributed by atoms with Crippen LogP contribution in [-0.4, -0.2) is 6.54 Å². The third-order valence-electron chi connectivity index (χ3n) is 3.13. The van der Waals surface area contributed by atoms with Crippen molar-refractivity contribution in [2.75, 3.05) is 6.54 Å². The third kappa shape index (κ3) is 8.23. The minimum Gasteiger partial charge on any atom is -0.457 e. The second kappa shape index (κ2) is 11.9. The smallest absolute Gasteiger partial charge is 0.136 e. The van der Waals surface area contributed by atoms with Crippen LogP contribution in [0.25, 0.3) is 5.70 Å². The van der Waals surface area contributed by atoms with Crippen molar-refractivity contribution in [1.82, 2.24) is 0 Å². The molecule has 0 fully saturated rings. The van der Waals surface area contributed by atoms with Crippen LogP contribution in [0.1, 0.15) is 38.8 Å². The number of rotatable bonds is 6. The molecule has 3 nitrogen and oxygen atoms in total. The van der Waals surface area contributed by atoms with E-state index in [1.165, 1.54) is 0 Å². The van der Waals surface area contributed by atoms with Crippen LogP contribution in [0.15, 0.2) is 72.6 Å². The molecule has 25 heavy (non-hydrogen) atoms. The molecular weight excluding hydrogens is 308 g/mol. The lowest BCUT2D eigenvalue weighted by atomic mass is 10.1. The first kappa shape index (κ1) is 22.5. The molecule has 0 spiro atoms. The molecular formula is C22H32N2O. The normalized spacial score (nSPS) is 11.8. The summed E-state index contributed by atoms with van der Waals surface area (Å²) in [6, 6.07) is 5.88. The molecule has 1 aromatic rings. The van der Waals surface area contributed by atoms with Gasteiger partial charge in [-0.1, -0.05) is 43.9 Å². The van der Waals surface area contributed by atoms with Crippen LogP contribution < -0.4 is 16.2 Å². The van der Waals surface area contributed by atoms with E-state index in [0.717, 1.165) is 34.6 Å². The number of benzene rings is 1. The van der Waals surface area contributed by atoms with E-state index in [0.29, 0.717) is 11.4 Å². The Hall–Kier alpha value is -2.52. The van der Waals surface area contributed by atoms with E-state index in [1.54, 1.807) is 0 Å². The van der Waals surface area contributed by atoms with Crippen molar-refractivity contribution in [2.45, 2.75) is 34.6 Å². The summed E-state index contributed by atoms with van der Waals surface area (Å²) in [5, 5.41) is 0. The van der Waals surface area contributed by atoms with Crippen LogP contribution in [0.5, 0.6) is 5.75 Å². The van der Waals surface area contributed by atoms with Gasteiger partial charge in [-0.3, -0.25) is 0 Å². The zero-order valence-corrected chi connectivity index (χ0v) is 16.2. The van der Waals surface area contributed by atoms with E-state index in [-0.39, 0.29) is 0 Å². The van der Waals surface area contributed by atoms with E-state index < -0.39 is 0 Å². The molecule has 0 amide bonds. The highest BCUT2D eigenvalue weighted by atomic mass is 16.5. The van der Waals surface area contributed by atoms with Gasteiger partial charge in [0.1, 0.15) is 11.5 Å². The topological polar surface area (TPSA) is 61.3 Å². The molecule has 0 aliphatic heterocycles. The van der Waals surface area contributed by atoms with Crippen molar-refractivity contribution in [1.29, 1.82) is 0 Å². The zero-order chi connectivity index (χ0) is 19.4. The van der Waals surface area contributed by atoms with Gasteiger partial charge in [-0.2, -0.15) is 0 Å². The van der Waals surface area contributed by atoms with Gasteiger partial charge in [-0.15, -0.1) is 0 Å². The average Bonchev–Trinajstić information content (AvgIpc) is 2.53. The van der Waals surface area contributed by atoms with Gasteiger partial charge < -0.3 is 16.2 Å². The fraction of sp³-hybridized carbons (Fsp3) is 0.273. The Kier molecular flexibility index (Phi) is 10.7. The lowest BCUT2D eigenvalue weighted by molar-refractivity contribution is 0.441. The van der Waals surface area contributed by atoms with Crippen molar-refractivity contribution in [3.8, 4) is 5.75 Å². The number of hydrogen-bond acceptors (Lipinski definition) is 3. The first-order valence-electron chi connectivity index (χ1n) is 8.40. The van der Waals surface area contributed by atoms with Gasteiger partial charge >= 0.3 is 0 Å². The first-order chi connectivity index (χ1) is 11.8. The Morgan fingerprint density at radius 2 is 1.84 bits per heavy atom. The van der Waals surface area contributed by atoms with Crippen molar-refractivity contribution >= 4 is 5.70 Å². The molecule has 0 heterocycles. The minimum absolute atomic E-state index is 0.489. The highest BCUT2D eigenvalue weighted by Crippen LogP contribution is 2.27. The van der Waals surface area contributed by atoms with Crippen molar-refractivity contribution in [3.63, 3.8) is 0 Å². The second-order valence-corrected chi connectivity index (χ2v) is 5.61. The summed E-state index contributed by atoms with van der Waals surface area (Å²) >= 11 is 0. The van der Waals surface area contributed by atoms with Gasteiger partial charge in [0.25, 0.3) is 0 Å². The molecule has 1 aromatic carbocycles. The van der Waals surface area contributed by atoms with Gasteiger partial charge in [0.2, 0.25) is 0 Å². The quantitative estimate of drug-likeness (QED) is 0.549. The van der Waals surface area contributed by atoms with Gasteiger partial charge in [-0.05, 0) is 69.7 Å². The molecule has 0 saturated carbocycles. The average molecular weight is 341 g/mol. The molecule has 0 saturated heterocycles. The SMILES string of the molecule is C=C(C)C(/C=C\C)=C\C(=C/C)Oc1cc(C)ccc1C(=C)N.CCN. The van der Waals surface area contributed by atoms with Crippen molar-refractivity contribution in [2.24, 2.45) is 11.5 Å². The molecule has 0 aliphatic carbocycles. The van der Waals surface area contributed by atoms with Crippen LogP contribution in [0.3, 0.4) is 0 Å². The Morgan fingerprint density at radius 1 is 1.24 bits per heavy atom. The van der Waals surface area contributed by atoms with Crippen LogP contribution in [0.4, 0.5) is 0 Å². The van der Waals surface area contributed by atoms with E-state index in [9.17, 15) is 0 Å². The van der Waals surface area contributed by atoms with Crippen molar-refractivity contribution < 1.29 is 4.74 Å². The summed E-state index contributed by atoms with van der Waals surface area (Å²) in [5.74, 6) is 1.45. The fourth-order valence-corrected chi connectivity index (χ4v) is 1.92. The molecule has 0 aromatic heterocycles. The number of aryl methyl sites for hydroxylation is 1. The van der Waals surface area contributed by atoms with Gasteiger partial charge in [-0.25, -0.2) is 0 Å². The summed E-state index contributed by atoms with van der Waals surface area (Å²) in [6.07, 6.45) is 7.87. The summed E-state index contributed by atoms with van der Waals surface area (Å²) in [7, 11) is 0. The van der Waals surface area contributed by atoms with E-state index in [4.69, 9.17) is 16.2 Å². The molecule has 0 unspecified atom stereocenters. The maximum atomic E-state index is 6.03. The van der Waals surface area contributed by atoms with Crippen LogP contribution >= 0.6 is 0 Å². The standard InChI is InChI=1S/C20H25NO.C2H7N/c1-7-9-17(14(3)4)13-18(8-2)22-20-12-15(5)10-11-19(20)16(6)21;1-2-3/h7-13H,3,6,21H2,1-2,4-5H3;2-3H2,1H3/b9-7-,17-13-,18-8+;. The minimum atomic E-state index is 0.489. The predicted molar refractivity (Wildman–Crippen MR) is 111 cm³/mol. The monoisotopic (exact) mass is 340 g/mol. The lowest BCUT2D eigenvalue weighted by Crippen LogP contribution is -2.01. The summed E-state index contributed by atoms with van der Waals surface area (Å²) in [4.78, 5) is 0. The van der Waals surface area contributed by atoms with E-state index >= 15 is 0 Å². The van der Waals surface area contributed by atoms with E-state index in [2.05, 4.69) is 13.2 Å². The molecule has 136 valence electrons. The maximum absolute atomic E-state index is 6.03. The number of nitrogens with two attached hydrogens (primary N) is 2. The molecule has 1 rings (SSSR count). The number of hydrogen-bond donors (Lipinski definition) is 2. The summed E-state index contributed by atoms with van der Waals surface area (Å²) in [5.41, 5.74) is 15.1. The number of ether oxygens (including phenoxy) is 1. The highest BCUT2D eigenvalue weighted by molar-refractivity contribution is 5.67. The van der Waals surface area contributed by atoms with Crippen LogP contribution in [0.2, 0.25) is 0 Å². The van der Waals surface area contributed by atoms with Crippen LogP contribution in [0, 0.1) is 6.92 Å². The highest BCUT2D eigenvalue weighted by Gasteiger charge is 2.08. The van der Waals surface area contributed by atoms with Crippen LogP contribution in [-0.2, 0) is 0 Å². The Labute approximate surface area is 153 Å². The molecule has 3 heteroatoms.